The Balaban J connectivity index is 4.34. The Hall–Kier alpha value is -1.04. The van der Waals surface area contributed by atoms with Crippen LogP contribution in [0.5, 0.6) is 0 Å². The molecule has 80 valence electrons. The van der Waals surface area contributed by atoms with Crippen LogP contribution in [0.2, 0.25) is 0 Å². The first-order valence-corrected chi connectivity index (χ1v) is 5.39. The summed E-state index contributed by atoms with van der Waals surface area (Å²) in [4.78, 5) is 13.6. The third-order valence-electron chi connectivity index (χ3n) is 2.16. The second kappa shape index (κ2) is 7.37. The van der Waals surface area contributed by atoms with Crippen molar-refractivity contribution < 1.29 is 4.79 Å². The molecule has 0 spiro atoms. The summed E-state index contributed by atoms with van der Waals surface area (Å²) in [6, 6.07) is 2.06. The third kappa shape index (κ3) is 3.78. The number of rotatable bonds is 6. The van der Waals surface area contributed by atoms with Crippen LogP contribution in [0.25, 0.3) is 0 Å². The highest BCUT2D eigenvalue weighted by Crippen LogP contribution is 2.07. The topological polar surface area (TPSA) is 44.1 Å². The number of nitriles is 1. The normalized spacial score (nSPS) is 11.9. The lowest BCUT2D eigenvalue weighted by atomic mass is 10.1. The molecule has 0 fully saturated rings. The van der Waals surface area contributed by atoms with Crippen molar-refractivity contribution in [1.82, 2.24) is 4.90 Å². The van der Waals surface area contributed by atoms with Crippen LogP contribution < -0.4 is 0 Å². The summed E-state index contributed by atoms with van der Waals surface area (Å²) in [7, 11) is 0. The molecule has 3 heteroatoms. The zero-order chi connectivity index (χ0) is 11.0. The van der Waals surface area contributed by atoms with E-state index < -0.39 is 5.92 Å². The lowest BCUT2D eigenvalue weighted by Gasteiger charge is -2.23. The fourth-order valence-corrected chi connectivity index (χ4v) is 1.41. The van der Waals surface area contributed by atoms with Crippen LogP contribution in [0.3, 0.4) is 0 Å². The molecule has 0 aromatic carbocycles. The van der Waals surface area contributed by atoms with E-state index in [1.54, 1.807) is 4.90 Å². The van der Waals surface area contributed by atoms with Gasteiger partial charge in [0.2, 0.25) is 5.91 Å². The number of carbonyl (C=O) groups excluding carboxylic acids is 1. The monoisotopic (exact) mass is 196 g/mol. The average Bonchev–Trinajstić information content (AvgIpc) is 2.19. The Morgan fingerprint density at radius 2 is 1.79 bits per heavy atom. The average molecular weight is 196 g/mol. The van der Waals surface area contributed by atoms with E-state index in [4.69, 9.17) is 5.26 Å². The van der Waals surface area contributed by atoms with Crippen molar-refractivity contribution >= 4 is 5.91 Å². The molecule has 1 unspecified atom stereocenters. The first-order chi connectivity index (χ1) is 6.71. The summed E-state index contributed by atoms with van der Waals surface area (Å²) in [5.74, 6) is -0.452. The molecule has 0 aliphatic heterocycles. The van der Waals surface area contributed by atoms with Crippen LogP contribution in [0.15, 0.2) is 0 Å². The molecule has 0 aromatic rings. The standard InChI is InChI=1S/C11H20N2O/c1-4-7-13(8-5-2)11(14)10(6-3)9-12/h10H,4-8H2,1-3H3. The minimum Gasteiger partial charge on any atom is -0.342 e. The van der Waals surface area contributed by atoms with Crippen molar-refractivity contribution in [3.05, 3.63) is 0 Å². The first kappa shape index (κ1) is 13.0. The van der Waals surface area contributed by atoms with Gasteiger partial charge in [-0.05, 0) is 19.3 Å². The predicted molar refractivity (Wildman–Crippen MR) is 56.6 cm³/mol. The Morgan fingerprint density at radius 1 is 1.29 bits per heavy atom. The molecule has 0 aromatic heterocycles. The summed E-state index contributed by atoms with van der Waals surface area (Å²) in [5, 5.41) is 8.78. The van der Waals surface area contributed by atoms with Gasteiger partial charge in [0.25, 0.3) is 0 Å². The number of nitrogens with zero attached hydrogens (tertiary/aromatic N) is 2. The second-order valence-corrected chi connectivity index (χ2v) is 3.42. The fraction of sp³-hybridized carbons (Fsp3) is 0.818. The van der Waals surface area contributed by atoms with Gasteiger partial charge in [0.05, 0.1) is 6.07 Å². The van der Waals surface area contributed by atoms with Crippen molar-refractivity contribution in [2.75, 3.05) is 13.1 Å². The maximum absolute atomic E-state index is 11.8. The van der Waals surface area contributed by atoms with Crippen molar-refractivity contribution in [3.8, 4) is 6.07 Å². The van der Waals surface area contributed by atoms with E-state index in [9.17, 15) is 4.79 Å². The zero-order valence-corrected chi connectivity index (χ0v) is 9.42. The van der Waals surface area contributed by atoms with E-state index in [2.05, 4.69) is 6.07 Å². The van der Waals surface area contributed by atoms with Gasteiger partial charge in [-0.2, -0.15) is 5.26 Å². The number of amides is 1. The van der Waals surface area contributed by atoms with E-state index >= 15 is 0 Å². The molecule has 0 saturated heterocycles. The second-order valence-electron chi connectivity index (χ2n) is 3.42. The minimum absolute atomic E-state index is 0.00120. The molecule has 0 rings (SSSR count). The number of carbonyl (C=O) groups is 1. The van der Waals surface area contributed by atoms with Crippen molar-refractivity contribution in [1.29, 1.82) is 5.26 Å². The summed E-state index contributed by atoms with van der Waals surface area (Å²) >= 11 is 0. The summed E-state index contributed by atoms with van der Waals surface area (Å²) in [5.41, 5.74) is 0. The lowest BCUT2D eigenvalue weighted by Crippen LogP contribution is -2.36. The maximum atomic E-state index is 11.8. The molecular weight excluding hydrogens is 176 g/mol. The van der Waals surface area contributed by atoms with E-state index in [1.165, 1.54) is 0 Å². The van der Waals surface area contributed by atoms with Gasteiger partial charge in [-0.1, -0.05) is 20.8 Å². The van der Waals surface area contributed by atoms with Gasteiger partial charge in [0, 0.05) is 13.1 Å². The Bertz CT molecular complexity index is 202. The highest BCUT2D eigenvalue weighted by molar-refractivity contribution is 5.81. The summed E-state index contributed by atoms with van der Waals surface area (Å²) < 4.78 is 0. The van der Waals surface area contributed by atoms with Crippen molar-refractivity contribution in [3.63, 3.8) is 0 Å². The molecule has 0 bridgehead atoms. The van der Waals surface area contributed by atoms with Crippen molar-refractivity contribution in [2.24, 2.45) is 5.92 Å². The molecule has 14 heavy (non-hydrogen) atoms. The molecule has 0 aliphatic rings. The summed E-state index contributed by atoms with van der Waals surface area (Å²) in [6.45, 7) is 7.50. The first-order valence-electron chi connectivity index (χ1n) is 5.39. The van der Waals surface area contributed by atoms with Gasteiger partial charge in [-0.25, -0.2) is 0 Å². The van der Waals surface area contributed by atoms with Crippen LogP contribution >= 0.6 is 0 Å². The molecule has 0 N–H and O–H groups in total. The van der Waals surface area contributed by atoms with Gasteiger partial charge in [0.1, 0.15) is 5.92 Å². The number of hydrogen-bond donors (Lipinski definition) is 0. The molecule has 0 heterocycles. The highest BCUT2D eigenvalue weighted by Gasteiger charge is 2.20. The third-order valence-corrected chi connectivity index (χ3v) is 2.16. The van der Waals surface area contributed by atoms with Crippen LogP contribution in [-0.4, -0.2) is 23.9 Å². The molecule has 1 amide bonds. The van der Waals surface area contributed by atoms with Crippen molar-refractivity contribution in [2.45, 2.75) is 40.0 Å². The smallest absolute Gasteiger partial charge is 0.239 e. The van der Waals surface area contributed by atoms with E-state index in [0.29, 0.717) is 6.42 Å². The highest BCUT2D eigenvalue weighted by atomic mass is 16.2. The zero-order valence-electron chi connectivity index (χ0n) is 9.42. The van der Waals surface area contributed by atoms with Gasteiger partial charge in [-0.3, -0.25) is 4.79 Å². The number of hydrogen-bond acceptors (Lipinski definition) is 2. The van der Waals surface area contributed by atoms with Gasteiger partial charge in [-0.15, -0.1) is 0 Å². The largest absolute Gasteiger partial charge is 0.342 e. The molecule has 0 saturated carbocycles. The van der Waals surface area contributed by atoms with E-state index in [1.807, 2.05) is 20.8 Å². The molecule has 0 radical (unpaired) electrons. The lowest BCUT2D eigenvalue weighted by molar-refractivity contribution is -0.133. The minimum atomic E-state index is -0.451. The van der Waals surface area contributed by atoms with E-state index in [0.717, 1.165) is 25.9 Å². The van der Waals surface area contributed by atoms with Gasteiger partial charge in [0.15, 0.2) is 0 Å². The molecule has 1 atom stereocenters. The van der Waals surface area contributed by atoms with Crippen LogP contribution in [0.4, 0.5) is 0 Å². The molecule has 0 aliphatic carbocycles. The maximum Gasteiger partial charge on any atom is 0.239 e. The Labute approximate surface area is 86.7 Å². The quantitative estimate of drug-likeness (QED) is 0.653. The Morgan fingerprint density at radius 3 is 2.07 bits per heavy atom. The molecule has 3 nitrogen and oxygen atoms in total. The van der Waals surface area contributed by atoms with E-state index in [-0.39, 0.29) is 5.91 Å². The van der Waals surface area contributed by atoms with Crippen LogP contribution in [0, 0.1) is 17.2 Å². The fourth-order valence-electron chi connectivity index (χ4n) is 1.41. The predicted octanol–water partition coefficient (Wildman–Crippen LogP) is 2.18. The SMILES string of the molecule is CCCN(CCC)C(=O)C(C#N)CC. The Kier molecular flexibility index (Phi) is 6.82. The van der Waals surface area contributed by atoms with Gasteiger partial charge >= 0.3 is 0 Å². The van der Waals surface area contributed by atoms with Crippen LogP contribution in [0.1, 0.15) is 40.0 Å². The summed E-state index contributed by atoms with van der Waals surface area (Å²) in [6.07, 6.45) is 2.51. The molecular formula is C11H20N2O. The van der Waals surface area contributed by atoms with Gasteiger partial charge < -0.3 is 4.90 Å². The van der Waals surface area contributed by atoms with Crippen LogP contribution in [-0.2, 0) is 4.79 Å².